The van der Waals surface area contributed by atoms with Gasteiger partial charge in [0.15, 0.2) is 0 Å². The molecule has 6 fully saturated rings. The number of likely N-dealkylation sites (N-methyl/N-ethyl adjacent to an activating group) is 7. The zero-order valence-electron chi connectivity index (χ0n) is 65.9. The van der Waals surface area contributed by atoms with Crippen molar-refractivity contribution in [2.24, 2.45) is 40.9 Å². The van der Waals surface area contributed by atoms with E-state index in [0.717, 1.165) is 24.5 Å². The van der Waals surface area contributed by atoms with E-state index in [0.29, 0.717) is 32.1 Å². The summed E-state index contributed by atoms with van der Waals surface area (Å²) < 4.78 is 121. The van der Waals surface area contributed by atoms with Crippen LogP contribution in [0.5, 0.6) is 0 Å². The molecule has 3 N–H and O–H groups in total. The van der Waals surface area contributed by atoms with Gasteiger partial charge in [0.1, 0.15) is 72.1 Å². The van der Waals surface area contributed by atoms with E-state index in [9.17, 15) is 55.1 Å². The number of nitrogens with one attached hydrogen (secondary N) is 3. The lowest BCUT2D eigenvalue weighted by Crippen LogP contribution is -2.71. The second-order valence-electron chi connectivity index (χ2n) is 32.8. The van der Waals surface area contributed by atoms with E-state index in [1.54, 1.807) is 46.8 Å². The largest absolute Gasteiger partial charge is 0.397 e. The first-order valence-corrected chi connectivity index (χ1v) is 39.0. The van der Waals surface area contributed by atoms with E-state index >= 15 is 37.5 Å². The molecule has 7 aliphatic rings. The molecular formula is C76H118F8N12O13. The third-order valence-corrected chi connectivity index (χ3v) is 24.1. The maximum Gasteiger partial charge on any atom is 0.397 e. The maximum atomic E-state index is 15.8. The molecule has 1 spiro atoms. The Morgan fingerprint density at radius 3 is 1.83 bits per heavy atom. The van der Waals surface area contributed by atoms with Gasteiger partial charge >= 0.3 is 12.4 Å². The minimum absolute atomic E-state index is 0.00416. The SMILES string of the molecule is CCO[C@@H]1C[C@H]2C(=O)NC3(CC(C)(C)C3)C(=O)N(C)[C@@H](C3CCCC3)C(=O)N(CC)[C@H](C(=O)N(C)C)CC(=O)N(C)[C@@H](CC)C(=O)N[C@@H]([C@@H](C)CC)C(=O)N(C)CC(=O)N(C)[C@H]3C/C=C\CCN(C3=O)[C@@H](CC3CCC(C(F)(F)F)CC3)C(=O)N(C)CC(=O)N[C@@H](CCC3CC(F)C(C(F)(F)F)C(F)C3)C(=O)N2C1. The fourth-order valence-electron chi connectivity index (χ4n) is 18.0. The lowest BCUT2D eigenvalue weighted by atomic mass is 9.58. The number of nitrogens with zero attached hydrogens (tertiary/aromatic N) is 9. The summed E-state index contributed by atoms with van der Waals surface area (Å²) in [5.41, 5.74) is -2.37. The standard InChI is InChI=1S/C76H118F8N12O13/c1-15-44(5)62-70(106)90(11)41-60(99)92(13)54-26-20-19-23-33-95(69(54)105)56(36-45-27-30-48(31-28-45)75(79,80)81)68(104)89(10)40-58(97)85-52(32-29-46-34-50(77)61(51(78)35-46)76(82,83)84)66(102)96-39-49(109-18-4)37-55(96)65(101)87-74(42-73(6,7)43-74)72(108)93(14)63(47-24-21-22-25-47)71(107)94(17-3)57(67(103)88(8)9)38-59(98)91(12)53(16-2)64(100)86-62/h19-20,44-57,61-63H,15-18,21-43H2,1-14H3,(H,85,97)(H,86,100)(H,87,101)/b20-19-/t44-,45?,46?,48?,49+,50?,51?,52-,53-,54-,55-,56-,57-,61?,62-,63-/m0/s1. The van der Waals surface area contributed by atoms with Crippen LogP contribution in [0, 0.1) is 40.9 Å². The highest BCUT2D eigenvalue weighted by Gasteiger charge is 2.60. The zero-order chi connectivity index (χ0) is 81.3. The van der Waals surface area contributed by atoms with Crippen molar-refractivity contribution in [2.75, 3.05) is 88.7 Å². The van der Waals surface area contributed by atoms with Gasteiger partial charge in [-0.3, -0.25) is 57.5 Å². The van der Waals surface area contributed by atoms with Gasteiger partial charge in [0.05, 0.1) is 31.5 Å². The molecule has 109 heavy (non-hydrogen) atoms. The average Bonchev–Trinajstić information content (AvgIpc) is 1.44. The minimum atomic E-state index is -5.22. The smallest absolute Gasteiger partial charge is 0.377 e. The summed E-state index contributed by atoms with van der Waals surface area (Å²) in [5.74, 6) is -16.8. The topological polar surface area (TPSA) is 279 Å². The molecule has 0 radical (unpaired) electrons. The Labute approximate surface area is 635 Å². The number of amides is 12. The van der Waals surface area contributed by atoms with Crippen molar-refractivity contribution in [3.8, 4) is 0 Å². The van der Waals surface area contributed by atoms with E-state index < -0.39 is 235 Å². The third-order valence-electron chi connectivity index (χ3n) is 24.1. The van der Waals surface area contributed by atoms with Gasteiger partial charge in [-0.2, -0.15) is 26.3 Å². The summed E-state index contributed by atoms with van der Waals surface area (Å²) in [4.78, 5) is 192. The van der Waals surface area contributed by atoms with Crippen LogP contribution in [0.2, 0.25) is 0 Å². The van der Waals surface area contributed by atoms with Crippen molar-refractivity contribution in [2.45, 2.75) is 268 Å². The molecule has 0 aromatic heterocycles. The first kappa shape index (κ1) is 89.0. The number of ether oxygens (including phenoxy) is 1. The summed E-state index contributed by atoms with van der Waals surface area (Å²) in [6.07, 6.45) is -13.8. The Kier molecular flexibility index (Phi) is 30.5. The average molecular weight is 1560 g/mol. The van der Waals surface area contributed by atoms with Crippen molar-refractivity contribution in [1.29, 1.82) is 0 Å². The summed E-state index contributed by atoms with van der Waals surface area (Å²) in [6, 6.07) is -11.4. The monoisotopic (exact) mass is 1560 g/mol. The zero-order valence-corrected chi connectivity index (χ0v) is 65.9. The highest BCUT2D eigenvalue weighted by atomic mass is 19.4. The van der Waals surface area contributed by atoms with E-state index in [-0.39, 0.29) is 103 Å². The molecular weight excluding hydrogens is 1440 g/mol. The van der Waals surface area contributed by atoms with Crippen LogP contribution in [0.3, 0.4) is 0 Å². The fourth-order valence-corrected chi connectivity index (χ4v) is 18.0. The molecule has 4 saturated carbocycles. The van der Waals surface area contributed by atoms with Crippen LogP contribution in [0.1, 0.15) is 183 Å². The van der Waals surface area contributed by atoms with Crippen LogP contribution in [0.4, 0.5) is 35.1 Å². The quantitative estimate of drug-likeness (QED) is 0.127. The number of alkyl halides is 8. The fraction of sp³-hybridized carbons (Fsp3) is 0.816. The van der Waals surface area contributed by atoms with Crippen molar-refractivity contribution >= 4 is 70.9 Å². The molecule has 2 saturated heterocycles. The molecule has 616 valence electrons. The number of rotatable bonds is 13. The molecule has 2 bridgehead atoms. The normalized spacial score (nSPS) is 32.2. The van der Waals surface area contributed by atoms with Gasteiger partial charge in [-0.25, -0.2) is 8.78 Å². The highest BCUT2D eigenvalue weighted by molar-refractivity contribution is 6.01. The van der Waals surface area contributed by atoms with E-state index in [2.05, 4.69) is 16.0 Å². The Balaban J connectivity index is 1.34. The first-order chi connectivity index (χ1) is 51.0. The summed E-state index contributed by atoms with van der Waals surface area (Å²) in [5, 5.41) is 8.44. The van der Waals surface area contributed by atoms with E-state index in [1.165, 1.54) is 68.9 Å². The second-order valence-corrected chi connectivity index (χ2v) is 32.8. The van der Waals surface area contributed by atoms with Crippen molar-refractivity contribution in [1.82, 2.24) is 60.0 Å². The van der Waals surface area contributed by atoms with Gasteiger partial charge in [0.25, 0.3) is 0 Å². The van der Waals surface area contributed by atoms with Crippen LogP contribution in [0.15, 0.2) is 12.2 Å². The van der Waals surface area contributed by atoms with Crippen LogP contribution in [0.25, 0.3) is 0 Å². The van der Waals surface area contributed by atoms with Gasteiger partial charge < -0.3 is 64.8 Å². The third kappa shape index (κ3) is 21.3. The number of carbonyl (C=O) groups excluding carboxylic acids is 12. The minimum Gasteiger partial charge on any atom is -0.377 e. The predicted octanol–water partition coefficient (Wildman–Crippen LogP) is 6.74. The van der Waals surface area contributed by atoms with Crippen molar-refractivity contribution in [3.63, 3.8) is 0 Å². The summed E-state index contributed by atoms with van der Waals surface area (Å²) in [7, 11) is 9.53. The Hall–Kier alpha value is -7.22. The van der Waals surface area contributed by atoms with Gasteiger partial charge in [0, 0.05) is 82.0 Å². The van der Waals surface area contributed by atoms with Crippen LogP contribution < -0.4 is 16.0 Å². The molecule has 25 nitrogen and oxygen atoms in total. The molecule has 3 heterocycles. The van der Waals surface area contributed by atoms with Crippen LogP contribution >= 0.6 is 0 Å². The molecule has 12 atom stereocenters. The molecule has 4 aliphatic carbocycles. The summed E-state index contributed by atoms with van der Waals surface area (Å²) >= 11 is 0. The number of carbonyl (C=O) groups is 12. The van der Waals surface area contributed by atoms with E-state index in [1.807, 2.05) is 13.8 Å². The van der Waals surface area contributed by atoms with Crippen molar-refractivity contribution < 1.29 is 97.4 Å². The number of hydrogen-bond donors (Lipinski definition) is 3. The molecule has 0 aromatic carbocycles. The number of fused-ring (bicyclic) bond motifs is 3. The van der Waals surface area contributed by atoms with Crippen LogP contribution in [-0.2, 0) is 62.3 Å². The number of hydrogen-bond acceptors (Lipinski definition) is 13. The number of halogens is 8. The van der Waals surface area contributed by atoms with Crippen molar-refractivity contribution in [3.05, 3.63) is 12.2 Å². The van der Waals surface area contributed by atoms with Crippen LogP contribution in [-0.4, -0.2) is 288 Å². The molecule has 0 aromatic rings. The predicted molar refractivity (Wildman–Crippen MR) is 386 cm³/mol. The highest BCUT2D eigenvalue weighted by Crippen LogP contribution is 2.50. The molecule has 12 amide bonds. The van der Waals surface area contributed by atoms with E-state index in [4.69, 9.17) is 4.74 Å². The van der Waals surface area contributed by atoms with Gasteiger partial charge in [-0.1, -0.05) is 66.0 Å². The Bertz CT molecular complexity index is 3270. The van der Waals surface area contributed by atoms with Gasteiger partial charge in [-0.05, 0) is 146 Å². The molecule has 7 rings (SSSR count). The molecule has 33 heteroatoms. The van der Waals surface area contributed by atoms with Gasteiger partial charge in [0.2, 0.25) is 70.9 Å². The van der Waals surface area contributed by atoms with Gasteiger partial charge in [-0.15, -0.1) is 0 Å². The Morgan fingerprint density at radius 2 is 1.28 bits per heavy atom. The second kappa shape index (κ2) is 37.4. The lowest BCUT2D eigenvalue weighted by molar-refractivity contribution is -0.219. The Morgan fingerprint density at radius 1 is 0.661 bits per heavy atom. The summed E-state index contributed by atoms with van der Waals surface area (Å²) in [6.45, 7) is 10.0. The molecule has 3 aliphatic heterocycles. The maximum absolute atomic E-state index is 15.8. The first-order valence-electron chi connectivity index (χ1n) is 39.0. The lowest BCUT2D eigenvalue weighted by Gasteiger charge is -2.54. The molecule has 2 unspecified atom stereocenters.